The first-order chi connectivity index (χ1) is 11.8. The third kappa shape index (κ3) is 3.35. The second-order valence-corrected chi connectivity index (χ2v) is 5.64. The van der Waals surface area contributed by atoms with Crippen LogP contribution in [0.15, 0.2) is 48.2 Å². The summed E-state index contributed by atoms with van der Waals surface area (Å²) in [4.78, 5) is 25.4. The molecule has 25 heavy (non-hydrogen) atoms. The Kier molecular flexibility index (Phi) is 4.22. The molecule has 1 aliphatic heterocycles. The monoisotopic (exact) mass is 344 g/mol. The second kappa shape index (κ2) is 6.35. The highest BCUT2D eigenvalue weighted by Gasteiger charge is 2.31. The molecule has 7 heteroatoms. The van der Waals surface area contributed by atoms with Crippen molar-refractivity contribution in [1.29, 1.82) is 0 Å². The lowest BCUT2D eigenvalue weighted by Crippen LogP contribution is -2.31. The van der Waals surface area contributed by atoms with Crippen molar-refractivity contribution in [2.24, 2.45) is 0 Å². The van der Waals surface area contributed by atoms with Crippen molar-refractivity contribution >= 4 is 17.5 Å². The van der Waals surface area contributed by atoms with E-state index in [0.717, 1.165) is 23.1 Å². The van der Waals surface area contributed by atoms with Crippen LogP contribution in [0.4, 0.5) is 14.5 Å². The summed E-state index contributed by atoms with van der Waals surface area (Å²) in [6, 6.07) is 8.19. The quantitative estimate of drug-likeness (QED) is 0.837. The Hall–Kier alpha value is -3.22. The Labute approximate surface area is 142 Å². The van der Waals surface area contributed by atoms with Gasteiger partial charge in [-0.25, -0.2) is 8.78 Å². The van der Waals surface area contributed by atoms with Crippen molar-refractivity contribution in [3.63, 3.8) is 0 Å². The Morgan fingerprint density at radius 3 is 2.28 bits per heavy atom. The van der Waals surface area contributed by atoms with Crippen LogP contribution in [0, 0.1) is 18.6 Å². The number of imide groups is 1. The minimum atomic E-state index is -0.749. The van der Waals surface area contributed by atoms with E-state index < -0.39 is 23.4 Å². The molecule has 1 heterocycles. The predicted octanol–water partition coefficient (Wildman–Crippen LogP) is 2.84. The first-order valence-electron chi connectivity index (χ1n) is 7.43. The highest BCUT2D eigenvalue weighted by Crippen LogP contribution is 2.23. The molecule has 0 aliphatic carbocycles. The van der Waals surface area contributed by atoms with Gasteiger partial charge >= 0.3 is 0 Å². The summed E-state index contributed by atoms with van der Waals surface area (Å²) in [7, 11) is 0. The van der Waals surface area contributed by atoms with Gasteiger partial charge in [-0.3, -0.25) is 14.5 Å². The zero-order valence-corrected chi connectivity index (χ0v) is 13.2. The van der Waals surface area contributed by atoms with Gasteiger partial charge in [0.25, 0.3) is 11.8 Å². The fourth-order valence-electron chi connectivity index (χ4n) is 2.40. The Morgan fingerprint density at radius 2 is 1.68 bits per heavy atom. The number of phenols is 1. The molecule has 0 saturated carbocycles. The molecule has 0 spiro atoms. The van der Waals surface area contributed by atoms with Crippen molar-refractivity contribution in [1.82, 2.24) is 4.90 Å². The van der Waals surface area contributed by atoms with Crippen LogP contribution in [0.3, 0.4) is 0 Å². The van der Waals surface area contributed by atoms with Gasteiger partial charge in [0.2, 0.25) is 0 Å². The van der Waals surface area contributed by atoms with Crippen molar-refractivity contribution in [2.75, 3.05) is 5.32 Å². The summed E-state index contributed by atoms with van der Waals surface area (Å²) in [6.07, 6.45) is 1.08. The Bertz CT molecular complexity index is 869. The molecule has 2 N–H and O–H groups in total. The molecular formula is C18H14F2N2O3. The highest BCUT2D eigenvalue weighted by atomic mass is 19.1. The van der Waals surface area contributed by atoms with Crippen molar-refractivity contribution < 1.29 is 23.5 Å². The average Bonchev–Trinajstić information content (AvgIpc) is 2.82. The summed E-state index contributed by atoms with van der Waals surface area (Å²) in [5, 5.41) is 11.8. The fraction of sp³-hybridized carbons (Fsp3) is 0.111. The molecule has 2 aromatic carbocycles. The molecule has 0 saturated heterocycles. The van der Waals surface area contributed by atoms with Gasteiger partial charge in [-0.15, -0.1) is 0 Å². The molecule has 1 aliphatic rings. The van der Waals surface area contributed by atoms with Crippen LogP contribution in [0.5, 0.6) is 5.75 Å². The summed E-state index contributed by atoms with van der Waals surface area (Å²) < 4.78 is 27.2. The third-order valence-corrected chi connectivity index (χ3v) is 3.85. The summed E-state index contributed by atoms with van der Waals surface area (Å²) in [5.74, 6) is -2.55. The molecule has 0 aromatic heterocycles. The number of carbonyl (C=O) groups excluding carboxylic acids is 2. The van der Waals surface area contributed by atoms with E-state index in [2.05, 4.69) is 5.32 Å². The van der Waals surface area contributed by atoms with Gasteiger partial charge in [0, 0.05) is 17.3 Å². The number of aromatic hydroxyl groups is 1. The minimum Gasteiger partial charge on any atom is -0.508 e. The number of nitrogens with one attached hydrogen (secondary N) is 1. The molecule has 0 bridgehead atoms. The summed E-state index contributed by atoms with van der Waals surface area (Å²) >= 11 is 0. The SMILES string of the molecule is Cc1c(F)cc(NC2=CC(=O)N(Cc3ccc(O)cc3)C2=O)cc1F. The van der Waals surface area contributed by atoms with Crippen LogP contribution in [0.2, 0.25) is 0 Å². The largest absolute Gasteiger partial charge is 0.508 e. The molecule has 3 rings (SSSR count). The number of nitrogens with zero attached hydrogens (tertiary/aromatic N) is 1. The summed E-state index contributed by atoms with van der Waals surface area (Å²) in [6.45, 7) is 1.33. The number of anilines is 1. The van der Waals surface area contributed by atoms with Gasteiger partial charge in [-0.1, -0.05) is 12.1 Å². The Morgan fingerprint density at radius 1 is 1.08 bits per heavy atom. The number of carbonyl (C=O) groups is 2. The maximum atomic E-state index is 13.6. The van der Waals surface area contributed by atoms with Gasteiger partial charge in [-0.2, -0.15) is 0 Å². The summed E-state index contributed by atoms with van der Waals surface area (Å²) in [5.41, 5.74) is 0.509. The second-order valence-electron chi connectivity index (χ2n) is 5.64. The molecule has 5 nitrogen and oxygen atoms in total. The van der Waals surface area contributed by atoms with Crippen molar-refractivity contribution in [3.8, 4) is 5.75 Å². The minimum absolute atomic E-state index is 0.0241. The van der Waals surface area contributed by atoms with E-state index in [0.29, 0.717) is 5.56 Å². The Balaban J connectivity index is 1.76. The number of hydrogen-bond donors (Lipinski definition) is 2. The fourth-order valence-corrected chi connectivity index (χ4v) is 2.40. The van der Waals surface area contributed by atoms with E-state index in [1.54, 1.807) is 12.1 Å². The molecule has 128 valence electrons. The normalized spacial score (nSPS) is 14.0. The highest BCUT2D eigenvalue weighted by molar-refractivity contribution is 6.17. The van der Waals surface area contributed by atoms with Crippen molar-refractivity contribution in [3.05, 3.63) is 70.9 Å². The molecule has 2 aromatic rings. The van der Waals surface area contributed by atoms with E-state index in [-0.39, 0.29) is 29.2 Å². The van der Waals surface area contributed by atoms with Gasteiger partial charge in [0.1, 0.15) is 23.1 Å². The van der Waals surface area contributed by atoms with Gasteiger partial charge in [0.05, 0.1) is 6.54 Å². The van der Waals surface area contributed by atoms with Crippen molar-refractivity contribution in [2.45, 2.75) is 13.5 Å². The molecule has 0 radical (unpaired) electrons. The lowest BCUT2D eigenvalue weighted by atomic mass is 10.2. The third-order valence-electron chi connectivity index (χ3n) is 3.85. The van der Waals surface area contributed by atoms with E-state index in [1.807, 2.05) is 0 Å². The number of amides is 2. The van der Waals surface area contributed by atoms with E-state index in [4.69, 9.17) is 0 Å². The molecule has 0 atom stereocenters. The maximum Gasteiger partial charge on any atom is 0.277 e. The maximum absolute atomic E-state index is 13.6. The van der Waals surface area contributed by atoms with Crippen LogP contribution in [-0.4, -0.2) is 21.8 Å². The standard InChI is InChI=1S/C18H14F2N2O3/c1-10-14(19)6-12(7-15(10)20)21-16-8-17(24)22(18(16)25)9-11-2-4-13(23)5-3-11/h2-8,21,23H,9H2,1H3. The molecule has 0 fully saturated rings. The van der Waals surface area contributed by atoms with Crippen LogP contribution in [-0.2, 0) is 16.1 Å². The topological polar surface area (TPSA) is 69.6 Å². The van der Waals surface area contributed by atoms with Gasteiger partial charge in [-0.05, 0) is 36.8 Å². The number of rotatable bonds is 4. The average molecular weight is 344 g/mol. The molecule has 0 unspecified atom stereocenters. The lowest BCUT2D eigenvalue weighted by Gasteiger charge is -2.15. The molecular weight excluding hydrogens is 330 g/mol. The van der Waals surface area contributed by atoms with Crippen LogP contribution in [0.25, 0.3) is 0 Å². The number of hydrogen-bond acceptors (Lipinski definition) is 4. The lowest BCUT2D eigenvalue weighted by molar-refractivity contribution is -0.137. The van der Waals surface area contributed by atoms with Crippen LogP contribution < -0.4 is 5.32 Å². The smallest absolute Gasteiger partial charge is 0.277 e. The number of phenolic OH excluding ortho intramolecular Hbond substituents is 1. The van der Waals surface area contributed by atoms with E-state index in [1.165, 1.54) is 19.1 Å². The van der Waals surface area contributed by atoms with E-state index >= 15 is 0 Å². The zero-order valence-electron chi connectivity index (χ0n) is 13.2. The van der Waals surface area contributed by atoms with Crippen LogP contribution in [0.1, 0.15) is 11.1 Å². The van der Waals surface area contributed by atoms with E-state index in [9.17, 15) is 23.5 Å². The van der Waals surface area contributed by atoms with Gasteiger partial charge in [0.15, 0.2) is 0 Å². The van der Waals surface area contributed by atoms with Gasteiger partial charge < -0.3 is 10.4 Å². The first kappa shape index (κ1) is 16.6. The zero-order chi connectivity index (χ0) is 18.1. The predicted molar refractivity (Wildman–Crippen MR) is 86.5 cm³/mol. The first-order valence-corrected chi connectivity index (χ1v) is 7.43. The molecule has 2 amide bonds. The number of halogens is 2. The number of benzene rings is 2. The van der Waals surface area contributed by atoms with Crippen LogP contribution >= 0.6 is 0 Å².